The minimum atomic E-state index is -0.196. The lowest BCUT2D eigenvalue weighted by Crippen LogP contribution is -2.45. The number of likely N-dealkylation sites (N-methyl/N-ethyl adjacent to an activating group) is 1. The average molecular weight is 227 g/mol. The molecule has 1 unspecified atom stereocenters. The maximum absolute atomic E-state index is 11.2. The summed E-state index contributed by atoms with van der Waals surface area (Å²) in [7, 11) is 4.18. The molecule has 1 atom stereocenters. The van der Waals surface area contributed by atoms with E-state index >= 15 is 0 Å². The minimum absolute atomic E-state index is 0.0975. The van der Waals surface area contributed by atoms with Gasteiger partial charge in [0.05, 0.1) is 6.04 Å². The zero-order valence-electron chi connectivity index (χ0n) is 10.8. The van der Waals surface area contributed by atoms with Crippen LogP contribution in [0.5, 0.6) is 0 Å². The highest BCUT2D eigenvalue weighted by Gasteiger charge is 2.23. The van der Waals surface area contributed by atoms with Crippen LogP contribution in [0.15, 0.2) is 0 Å². The molecule has 1 rings (SSSR count). The van der Waals surface area contributed by atoms with E-state index in [0.717, 1.165) is 18.9 Å². The highest BCUT2D eigenvalue weighted by Crippen LogP contribution is 2.18. The molecule has 94 valence electrons. The van der Waals surface area contributed by atoms with Gasteiger partial charge in [0.2, 0.25) is 5.91 Å². The van der Waals surface area contributed by atoms with Crippen LogP contribution >= 0.6 is 0 Å². The lowest BCUT2D eigenvalue weighted by Gasteiger charge is -2.33. The van der Waals surface area contributed by atoms with Gasteiger partial charge in [-0.15, -0.1) is 0 Å². The number of hydrogen-bond acceptors (Lipinski definition) is 3. The lowest BCUT2D eigenvalue weighted by molar-refractivity contribution is -0.123. The van der Waals surface area contributed by atoms with E-state index in [1.807, 2.05) is 14.0 Å². The van der Waals surface area contributed by atoms with Crippen LogP contribution in [-0.2, 0) is 4.79 Å². The number of amides is 1. The van der Waals surface area contributed by atoms with E-state index in [4.69, 9.17) is 5.73 Å². The van der Waals surface area contributed by atoms with Crippen molar-refractivity contribution in [1.82, 2.24) is 9.80 Å². The van der Waals surface area contributed by atoms with Crippen LogP contribution < -0.4 is 5.73 Å². The van der Waals surface area contributed by atoms with Crippen molar-refractivity contribution in [3.8, 4) is 0 Å². The summed E-state index contributed by atoms with van der Waals surface area (Å²) in [5.41, 5.74) is 5.39. The first-order chi connectivity index (χ1) is 7.54. The summed E-state index contributed by atoms with van der Waals surface area (Å²) in [5.74, 6) is 0.521. The minimum Gasteiger partial charge on any atom is -0.368 e. The van der Waals surface area contributed by atoms with Gasteiger partial charge in [0.25, 0.3) is 0 Å². The fraction of sp³-hybridized carbons (Fsp3) is 0.917. The van der Waals surface area contributed by atoms with Gasteiger partial charge in [0.1, 0.15) is 0 Å². The summed E-state index contributed by atoms with van der Waals surface area (Å²) >= 11 is 0. The summed E-state index contributed by atoms with van der Waals surface area (Å²) in [6.07, 6.45) is 3.27. The molecule has 0 aromatic heterocycles. The second kappa shape index (κ2) is 6.21. The molecule has 1 aliphatic rings. The Balaban J connectivity index is 2.38. The maximum atomic E-state index is 11.2. The Bertz CT molecular complexity index is 224. The molecule has 0 aromatic rings. The van der Waals surface area contributed by atoms with Crippen LogP contribution in [0.2, 0.25) is 0 Å². The van der Waals surface area contributed by atoms with Crippen LogP contribution in [0, 0.1) is 5.92 Å². The van der Waals surface area contributed by atoms with Gasteiger partial charge in [-0.25, -0.2) is 0 Å². The van der Waals surface area contributed by atoms with Crippen molar-refractivity contribution in [2.24, 2.45) is 11.7 Å². The molecule has 1 saturated heterocycles. The fourth-order valence-electron chi connectivity index (χ4n) is 2.51. The second-order valence-electron chi connectivity index (χ2n) is 5.01. The van der Waals surface area contributed by atoms with Gasteiger partial charge in [0, 0.05) is 6.54 Å². The summed E-state index contributed by atoms with van der Waals surface area (Å²) in [5, 5.41) is 0. The van der Waals surface area contributed by atoms with Gasteiger partial charge in [-0.3, -0.25) is 9.69 Å². The third-order valence-electron chi connectivity index (χ3n) is 3.63. The number of nitrogens with two attached hydrogens (primary N) is 1. The summed E-state index contributed by atoms with van der Waals surface area (Å²) < 4.78 is 0. The number of primary amides is 1. The van der Waals surface area contributed by atoms with Gasteiger partial charge in [0.15, 0.2) is 0 Å². The standard InChI is InChI=1S/C12H25N3O/c1-4-11(12(13)16)15(3)9-10-5-7-14(2)8-6-10/h10-11H,4-9H2,1-3H3,(H2,13,16). The first kappa shape index (κ1) is 13.5. The van der Waals surface area contributed by atoms with Crippen molar-refractivity contribution in [2.75, 3.05) is 33.7 Å². The number of carbonyl (C=O) groups excluding carboxylic acids is 1. The van der Waals surface area contributed by atoms with E-state index < -0.39 is 0 Å². The van der Waals surface area contributed by atoms with Crippen molar-refractivity contribution in [1.29, 1.82) is 0 Å². The number of piperidine rings is 1. The molecule has 0 radical (unpaired) electrons. The lowest BCUT2D eigenvalue weighted by atomic mass is 9.96. The molecule has 1 amide bonds. The molecule has 1 aliphatic heterocycles. The number of carbonyl (C=O) groups is 1. The molecule has 0 aromatic carbocycles. The highest BCUT2D eigenvalue weighted by atomic mass is 16.1. The van der Waals surface area contributed by atoms with E-state index in [2.05, 4.69) is 16.8 Å². The Kier molecular flexibility index (Phi) is 5.22. The monoisotopic (exact) mass is 227 g/mol. The largest absolute Gasteiger partial charge is 0.368 e. The number of hydrogen-bond donors (Lipinski definition) is 1. The topological polar surface area (TPSA) is 49.6 Å². The predicted octanol–water partition coefficient (Wildman–Crippen LogP) is 0.524. The van der Waals surface area contributed by atoms with E-state index in [1.54, 1.807) is 0 Å². The van der Waals surface area contributed by atoms with Crippen LogP contribution in [-0.4, -0.2) is 55.5 Å². The molecule has 0 aliphatic carbocycles. The Labute approximate surface area is 98.8 Å². The van der Waals surface area contributed by atoms with E-state index in [9.17, 15) is 4.79 Å². The van der Waals surface area contributed by atoms with Crippen molar-refractivity contribution in [2.45, 2.75) is 32.2 Å². The quantitative estimate of drug-likeness (QED) is 0.745. The molecular weight excluding hydrogens is 202 g/mol. The third-order valence-corrected chi connectivity index (χ3v) is 3.63. The number of nitrogens with zero attached hydrogens (tertiary/aromatic N) is 2. The molecule has 0 bridgehead atoms. The smallest absolute Gasteiger partial charge is 0.234 e. The van der Waals surface area contributed by atoms with E-state index in [-0.39, 0.29) is 11.9 Å². The van der Waals surface area contributed by atoms with Gasteiger partial charge < -0.3 is 10.6 Å². The average Bonchev–Trinajstić information content (AvgIpc) is 2.22. The normalized spacial score (nSPS) is 21.2. The molecule has 0 saturated carbocycles. The third kappa shape index (κ3) is 3.76. The predicted molar refractivity (Wildman–Crippen MR) is 66.1 cm³/mol. The first-order valence-electron chi connectivity index (χ1n) is 6.22. The molecule has 16 heavy (non-hydrogen) atoms. The Hall–Kier alpha value is -0.610. The van der Waals surface area contributed by atoms with Crippen molar-refractivity contribution >= 4 is 5.91 Å². The van der Waals surface area contributed by atoms with Gasteiger partial charge in [-0.1, -0.05) is 6.92 Å². The Morgan fingerprint density at radius 3 is 2.50 bits per heavy atom. The summed E-state index contributed by atoms with van der Waals surface area (Å²) in [6, 6.07) is -0.0975. The Morgan fingerprint density at radius 1 is 1.50 bits per heavy atom. The van der Waals surface area contributed by atoms with Crippen molar-refractivity contribution in [3.05, 3.63) is 0 Å². The summed E-state index contributed by atoms with van der Waals surface area (Å²) in [4.78, 5) is 15.7. The summed E-state index contributed by atoms with van der Waals surface area (Å²) in [6.45, 7) is 5.35. The zero-order chi connectivity index (χ0) is 12.1. The Morgan fingerprint density at radius 2 is 2.06 bits per heavy atom. The van der Waals surface area contributed by atoms with Crippen LogP contribution in [0.25, 0.3) is 0 Å². The highest BCUT2D eigenvalue weighted by molar-refractivity contribution is 5.79. The number of rotatable bonds is 5. The van der Waals surface area contributed by atoms with Gasteiger partial charge >= 0.3 is 0 Å². The first-order valence-corrected chi connectivity index (χ1v) is 6.22. The molecule has 4 nitrogen and oxygen atoms in total. The molecular formula is C12H25N3O. The van der Waals surface area contributed by atoms with Crippen molar-refractivity contribution in [3.63, 3.8) is 0 Å². The van der Waals surface area contributed by atoms with Crippen LogP contribution in [0.1, 0.15) is 26.2 Å². The second-order valence-corrected chi connectivity index (χ2v) is 5.01. The van der Waals surface area contributed by atoms with Crippen LogP contribution in [0.3, 0.4) is 0 Å². The molecule has 4 heteroatoms. The van der Waals surface area contributed by atoms with Gasteiger partial charge in [-0.2, -0.15) is 0 Å². The SMILES string of the molecule is CCC(C(N)=O)N(C)CC1CCN(C)CC1. The van der Waals surface area contributed by atoms with Crippen LogP contribution in [0.4, 0.5) is 0 Å². The zero-order valence-corrected chi connectivity index (χ0v) is 10.8. The van der Waals surface area contributed by atoms with Crippen molar-refractivity contribution < 1.29 is 4.79 Å². The van der Waals surface area contributed by atoms with E-state index in [1.165, 1.54) is 25.9 Å². The van der Waals surface area contributed by atoms with E-state index in [0.29, 0.717) is 0 Å². The molecule has 2 N–H and O–H groups in total. The van der Waals surface area contributed by atoms with Gasteiger partial charge in [-0.05, 0) is 52.4 Å². The molecule has 1 heterocycles. The molecule has 1 fully saturated rings. The maximum Gasteiger partial charge on any atom is 0.234 e. The fourth-order valence-corrected chi connectivity index (χ4v) is 2.51. The molecule has 0 spiro atoms. The number of likely N-dealkylation sites (tertiary alicyclic amines) is 1.